The molecule has 0 aliphatic carbocycles. The van der Waals surface area contributed by atoms with Crippen molar-refractivity contribution in [2.75, 3.05) is 17.7 Å². The first-order chi connectivity index (χ1) is 13.0. The minimum Gasteiger partial charge on any atom is -0.497 e. The highest BCUT2D eigenvalue weighted by atomic mass is 16.5. The molecular formula is C21H19N3O3. The number of hydrogen-bond acceptors (Lipinski definition) is 5. The van der Waals surface area contributed by atoms with E-state index >= 15 is 0 Å². The second-order valence-corrected chi connectivity index (χ2v) is 5.87. The number of rotatable bonds is 6. The lowest BCUT2D eigenvalue weighted by Crippen LogP contribution is -2.12. The van der Waals surface area contributed by atoms with Gasteiger partial charge in [-0.25, -0.2) is 4.98 Å². The number of nitrogens with one attached hydrogen (secondary N) is 2. The van der Waals surface area contributed by atoms with Gasteiger partial charge >= 0.3 is 0 Å². The smallest absolute Gasteiger partial charge is 0.255 e. The second-order valence-electron chi connectivity index (χ2n) is 5.87. The molecule has 6 heteroatoms. The number of ketones is 1. The highest BCUT2D eigenvalue weighted by Crippen LogP contribution is 2.20. The highest BCUT2D eigenvalue weighted by Gasteiger charge is 2.09. The predicted molar refractivity (Wildman–Crippen MR) is 105 cm³/mol. The Balaban J connectivity index is 1.73. The summed E-state index contributed by atoms with van der Waals surface area (Å²) in [5.41, 5.74) is 2.39. The van der Waals surface area contributed by atoms with Crippen LogP contribution in [0.2, 0.25) is 0 Å². The Bertz CT molecular complexity index is 968. The molecule has 0 fully saturated rings. The zero-order chi connectivity index (χ0) is 19.2. The van der Waals surface area contributed by atoms with E-state index in [1.54, 1.807) is 49.7 Å². The standard InChI is InChI=1S/C21H19N3O3/c1-14(25)15-4-3-5-18(12-15)24-21(26)16-10-11-22-20(13-16)23-17-6-8-19(27-2)9-7-17/h3-13H,1-2H3,(H,22,23)(H,24,26). The summed E-state index contributed by atoms with van der Waals surface area (Å²) in [4.78, 5) is 28.2. The van der Waals surface area contributed by atoms with Gasteiger partial charge < -0.3 is 15.4 Å². The largest absolute Gasteiger partial charge is 0.497 e. The van der Waals surface area contributed by atoms with Crippen molar-refractivity contribution < 1.29 is 14.3 Å². The van der Waals surface area contributed by atoms with E-state index in [-0.39, 0.29) is 11.7 Å². The molecule has 6 nitrogen and oxygen atoms in total. The van der Waals surface area contributed by atoms with Crippen LogP contribution < -0.4 is 15.4 Å². The van der Waals surface area contributed by atoms with Crippen LogP contribution in [0.5, 0.6) is 5.75 Å². The maximum Gasteiger partial charge on any atom is 0.255 e. The quantitative estimate of drug-likeness (QED) is 0.640. The minimum atomic E-state index is -0.282. The van der Waals surface area contributed by atoms with Gasteiger partial charge in [0.15, 0.2) is 5.78 Å². The van der Waals surface area contributed by atoms with Gasteiger partial charge in [-0.1, -0.05) is 12.1 Å². The summed E-state index contributed by atoms with van der Waals surface area (Å²) < 4.78 is 5.13. The van der Waals surface area contributed by atoms with Gasteiger partial charge in [0.2, 0.25) is 0 Å². The van der Waals surface area contributed by atoms with Gasteiger partial charge in [0.25, 0.3) is 5.91 Å². The first-order valence-electron chi connectivity index (χ1n) is 8.34. The molecule has 0 saturated carbocycles. The molecule has 2 N–H and O–H groups in total. The third kappa shape index (κ3) is 4.70. The molecule has 0 radical (unpaired) electrons. The Morgan fingerprint density at radius 1 is 0.926 bits per heavy atom. The molecule has 0 spiro atoms. The molecule has 2 aromatic carbocycles. The fraction of sp³-hybridized carbons (Fsp3) is 0.0952. The fourth-order valence-electron chi connectivity index (χ4n) is 2.48. The molecule has 0 aliphatic heterocycles. The molecule has 136 valence electrons. The molecule has 0 unspecified atom stereocenters. The Morgan fingerprint density at radius 3 is 2.41 bits per heavy atom. The first-order valence-corrected chi connectivity index (χ1v) is 8.34. The van der Waals surface area contributed by atoms with Gasteiger partial charge in [-0.2, -0.15) is 0 Å². The average molecular weight is 361 g/mol. The van der Waals surface area contributed by atoms with E-state index in [9.17, 15) is 9.59 Å². The maximum atomic E-state index is 12.5. The van der Waals surface area contributed by atoms with Gasteiger partial charge in [0.05, 0.1) is 7.11 Å². The zero-order valence-corrected chi connectivity index (χ0v) is 15.0. The summed E-state index contributed by atoms with van der Waals surface area (Å²) in [6.07, 6.45) is 1.56. The number of amides is 1. The number of aromatic nitrogens is 1. The van der Waals surface area contributed by atoms with Gasteiger partial charge in [-0.3, -0.25) is 9.59 Å². The van der Waals surface area contributed by atoms with Gasteiger partial charge in [0, 0.05) is 28.7 Å². The molecule has 1 aromatic heterocycles. The number of benzene rings is 2. The molecule has 0 aliphatic rings. The number of carbonyl (C=O) groups excluding carboxylic acids is 2. The Morgan fingerprint density at radius 2 is 1.70 bits per heavy atom. The van der Waals surface area contributed by atoms with Crippen molar-refractivity contribution in [3.63, 3.8) is 0 Å². The Kier molecular flexibility index (Phi) is 5.47. The molecule has 1 heterocycles. The van der Waals surface area contributed by atoms with Crippen molar-refractivity contribution in [1.29, 1.82) is 0 Å². The molecule has 27 heavy (non-hydrogen) atoms. The van der Waals surface area contributed by atoms with Crippen LogP contribution in [0.15, 0.2) is 66.9 Å². The number of pyridine rings is 1. The van der Waals surface area contributed by atoms with E-state index in [2.05, 4.69) is 15.6 Å². The number of anilines is 3. The van der Waals surface area contributed by atoms with Crippen molar-refractivity contribution in [3.05, 3.63) is 78.0 Å². The highest BCUT2D eigenvalue weighted by molar-refractivity contribution is 6.05. The van der Waals surface area contributed by atoms with E-state index in [4.69, 9.17) is 4.74 Å². The molecule has 0 saturated heterocycles. The van der Waals surface area contributed by atoms with Crippen molar-refractivity contribution in [3.8, 4) is 5.75 Å². The summed E-state index contributed by atoms with van der Waals surface area (Å²) >= 11 is 0. The normalized spacial score (nSPS) is 10.1. The number of nitrogens with zero attached hydrogens (tertiary/aromatic N) is 1. The first kappa shape index (κ1) is 18.1. The SMILES string of the molecule is COc1ccc(Nc2cc(C(=O)Nc3cccc(C(C)=O)c3)ccn2)cc1. The van der Waals surface area contributed by atoms with E-state index in [1.807, 2.05) is 24.3 Å². The second kappa shape index (κ2) is 8.14. The molecule has 1 amide bonds. The number of Topliss-reactive ketones (excluding diaryl/α,β-unsaturated/α-hetero) is 1. The topological polar surface area (TPSA) is 80.3 Å². The van der Waals surface area contributed by atoms with Crippen LogP contribution in [0.3, 0.4) is 0 Å². The van der Waals surface area contributed by atoms with Crippen LogP contribution in [0.25, 0.3) is 0 Å². The zero-order valence-electron chi connectivity index (χ0n) is 15.0. The van der Waals surface area contributed by atoms with Crippen LogP contribution >= 0.6 is 0 Å². The number of carbonyl (C=O) groups is 2. The Hall–Kier alpha value is -3.67. The van der Waals surface area contributed by atoms with Crippen LogP contribution in [-0.2, 0) is 0 Å². The van der Waals surface area contributed by atoms with Crippen molar-refractivity contribution in [2.24, 2.45) is 0 Å². The molecule has 0 atom stereocenters. The predicted octanol–water partition coefficient (Wildman–Crippen LogP) is 4.29. The fourth-order valence-corrected chi connectivity index (χ4v) is 2.48. The summed E-state index contributed by atoms with van der Waals surface area (Å²) in [7, 11) is 1.61. The monoisotopic (exact) mass is 361 g/mol. The number of methoxy groups -OCH3 is 1. The third-order valence-corrected chi connectivity index (χ3v) is 3.91. The van der Waals surface area contributed by atoms with Crippen LogP contribution in [0.1, 0.15) is 27.6 Å². The van der Waals surface area contributed by atoms with Crippen LogP contribution in [0, 0.1) is 0 Å². The van der Waals surface area contributed by atoms with E-state index in [1.165, 1.54) is 6.92 Å². The maximum absolute atomic E-state index is 12.5. The lowest BCUT2D eigenvalue weighted by molar-refractivity contribution is 0.101. The molecule has 0 bridgehead atoms. The van der Waals surface area contributed by atoms with Gasteiger partial charge in [-0.15, -0.1) is 0 Å². The summed E-state index contributed by atoms with van der Waals surface area (Å²) in [6.45, 7) is 1.49. The van der Waals surface area contributed by atoms with E-state index in [0.717, 1.165) is 11.4 Å². The van der Waals surface area contributed by atoms with Crippen LogP contribution in [0.4, 0.5) is 17.2 Å². The lowest BCUT2D eigenvalue weighted by atomic mass is 10.1. The lowest BCUT2D eigenvalue weighted by Gasteiger charge is -2.09. The third-order valence-electron chi connectivity index (χ3n) is 3.91. The molecule has 3 aromatic rings. The van der Waals surface area contributed by atoms with Crippen LogP contribution in [-0.4, -0.2) is 23.8 Å². The van der Waals surface area contributed by atoms with Gasteiger partial charge in [0.1, 0.15) is 11.6 Å². The number of ether oxygens (including phenoxy) is 1. The average Bonchev–Trinajstić information content (AvgIpc) is 2.69. The van der Waals surface area contributed by atoms with Crippen molar-refractivity contribution in [1.82, 2.24) is 4.98 Å². The van der Waals surface area contributed by atoms with Crippen molar-refractivity contribution >= 4 is 28.9 Å². The van der Waals surface area contributed by atoms with Gasteiger partial charge in [-0.05, 0) is 55.5 Å². The minimum absolute atomic E-state index is 0.0546. The summed E-state index contributed by atoms with van der Waals surface area (Å²) in [5.74, 6) is 0.969. The van der Waals surface area contributed by atoms with E-state index in [0.29, 0.717) is 22.6 Å². The Labute approximate surface area is 157 Å². The number of hydrogen-bond donors (Lipinski definition) is 2. The molecular weight excluding hydrogens is 342 g/mol. The summed E-state index contributed by atoms with van der Waals surface area (Å²) in [6, 6.07) is 17.5. The van der Waals surface area contributed by atoms with E-state index < -0.39 is 0 Å². The summed E-state index contributed by atoms with van der Waals surface area (Å²) in [5, 5.41) is 5.94. The molecule has 3 rings (SSSR count). The van der Waals surface area contributed by atoms with Crippen molar-refractivity contribution in [2.45, 2.75) is 6.92 Å².